The second kappa shape index (κ2) is 8.96. The topological polar surface area (TPSA) is 72.4 Å². The molecule has 0 N–H and O–H groups in total. The summed E-state index contributed by atoms with van der Waals surface area (Å²) < 4.78 is 5.58. The number of amides is 1. The molecular weight excluding hydrogens is 386 g/mol. The number of benzene rings is 1. The second-order valence-electron chi connectivity index (χ2n) is 7.56. The number of aldehydes is 1. The molecule has 150 valence electrons. The lowest BCUT2D eigenvalue weighted by Gasteiger charge is -2.27. The first-order chi connectivity index (χ1) is 13.8. The summed E-state index contributed by atoms with van der Waals surface area (Å²) in [4.78, 5) is 34.4. The van der Waals surface area contributed by atoms with Gasteiger partial charge in [0.25, 0.3) is 0 Å². The van der Waals surface area contributed by atoms with Gasteiger partial charge in [-0.25, -0.2) is 9.78 Å². The molecular formula is C22H23N3O3S. The third kappa shape index (κ3) is 5.96. The van der Waals surface area contributed by atoms with Crippen molar-refractivity contribution in [2.45, 2.75) is 39.5 Å². The van der Waals surface area contributed by atoms with Gasteiger partial charge in [0.1, 0.15) is 10.6 Å². The van der Waals surface area contributed by atoms with Crippen molar-refractivity contribution in [1.82, 2.24) is 14.9 Å². The predicted octanol–water partition coefficient (Wildman–Crippen LogP) is 4.95. The fourth-order valence-corrected chi connectivity index (χ4v) is 3.35. The van der Waals surface area contributed by atoms with E-state index in [1.165, 1.54) is 17.5 Å². The molecule has 1 amide bonds. The molecule has 3 rings (SSSR count). The number of hydrogen-bond acceptors (Lipinski definition) is 6. The molecule has 0 saturated carbocycles. The number of hydrogen-bond donors (Lipinski definition) is 0. The Balaban J connectivity index is 1.77. The zero-order valence-corrected chi connectivity index (χ0v) is 17.5. The molecule has 0 fully saturated rings. The smallest absolute Gasteiger partial charge is 0.410 e. The van der Waals surface area contributed by atoms with Gasteiger partial charge in [-0.15, -0.1) is 11.3 Å². The van der Waals surface area contributed by atoms with Gasteiger partial charge in [0.05, 0.1) is 17.1 Å². The van der Waals surface area contributed by atoms with E-state index in [0.717, 1.165) is 17.4 Å². The largest absolute Gasteiger partial charge is 0.444 e. The molecule has 0 saturated heterocycles. The molecule has 0 unspecified atom stereocenters. The van der Waals surface area contributed by atoms with Crippen LogP contribution in [0, 0.1) is 0 Å². The van der Waals surface area contributed by atoms with Crippen LogP contribution < -0.4 is 0 Å². The minimum absolute atomic E-state index is 0.370. The average molecular weight is 410 g/mol. The summed E-state index contributed by atoms with van der Waals surface area (Å²) in [6.45, 7) is 6.36. The lowest BCUT2D eigenvalue weighted by Crippen LogP contribution is -2.36. The van der Waals surface area contributed by atoms with E-state index in [0.29, 0.717) is 28.7 Å². The third-order valence-corrected chi connectivity index (χ3v) is 4.87. The summed E-state index contributed by atoms with van der Waals surface area (Å²) >= 11 is 1.29. The van der Waals surface area contributed by atoms with E-state index in [4.69, 9.17) is 4.74 Å². The van der Waals surface area contributed by atoms with Gasteiger partial charge in [0, 0.05) is 18.9 Å². The van der Waals surface area contributed by atoms with Gasteiger partial charge < -0.3 is 4.74 Å². The van der Waals surface area contributed by atoms with Crippen LogP contribution >= 0.6 is 11.3 Å². The van der Waals surface area contributed by atoms with Crippen LogP contribution in [0.5, 0.6) is 0 Å². The van der Waals surface area contributed by atoms with E-state index < -0.39 is 5.60 Å². The number of nitrogens with zero attached hydrogens (tertiary/aromatic N) is 3. The zero-order chi connectivity index (χ0) is 20.9. The van der Waals surface area contributed by atoms with Crippen molar-refractivity contribution in [2.75, 3.05) is 0 Å². The number of carbonyl (C=O) groups is 2. The predicted molar refractivity (Wildman–Crippen MR) is 113 cm³/mol. The van der Waals surface area contributed by atoms with Crippen LogP contribution in [0.2, 0.25) is 0 Å². The highest BCUT2D eigenvalue weighted by atomic mass is 32.1. The fourth-order valence-electron chi connectivity index (χ4n) is 2.64. The molecule has 1 aromatic carbocycles. The average Bonchev–Trinajstić information content (AvgIpc) is 3.17. The van der Waals surface area contributed by atoms with E-state index in [-0.39, 0.29) is 6.09 Å². The molecule has 2 heterocycles. The molecule has 0 radical (unpaired) electrons. The fraction of sp³-hybridized carbons (Fsp3) is 0.273. The van der Waals surface area contributed by atoms with Gasteiger partial charge in [0.2, 0.25) is 0 Å². The number of carbonyl (C=O) groups excluding carboxylic acids is 2. The standard InChI is InChI=1S/C22H23N3O3S/c1-22(2,3)28-21(27)25(13-16-7-5-4-6-8-16)14-17-9-10-19(23-11-17)20-24-12-18(15-26)29-20/h4-12,15H,13-14H2,1-3H3. The maximum atomic E-state index is 12.7. The molecule has 2 aromatic heterocycles. The first-order valence-electron chi connectivity index (χ1n) is 9.22. The Morgan fingerprint density at radius 3 is 2.34 bits per heavy atom. The lowest BCUT2D eigenvalue weighted by molar-refractivity contribution is 0.0216. The number of ether oxygens (including phenoxy) is 1. The SMILES string of the molecule is CC(C)(C)OC(=O)N(Cc1ccccc1)Cc1ccc(-c2ncc(C=O)s2)nc1. The quantitative estimate of drug-likeness (QED) is 0.538. The minimum Gasteiger partial charge on any atom is -0.444 e. The van der Waals surface area contributed by atoms with Crippen LogP contribution in [0.1, 0.15) is 41.6 Å². The normalized spacial score (nSPS) is 11.1. The summed E-state index contributed by atoms with van der Waals surface area (Å²) in [5.74, 6) is 0. The maximum absolute atomic E-state index is 12.7. The van der Waals surface area contributed by atoms with Crippen molar-refractivity contribution in [3.8, 4) is 10.7 Å². The molecule has 3 aromatic rings. The Labute approximate surface area is 174 Å². The molecule has 0 aliphatic carbocycles. The molecule has 29 heavy (non-hydrogen) atoms. The van der Waals surface area contributed by atoms with Crippen LogP contribution in [-0.4, -0.2) is 32.8 Å². The molecule has 6 nitrogen and oxygen atoms in total. The molecule has 0 aliphatic rings. The minimum atomic E-state index is -0.574. The lowest BCUT2D eigenvalue weighted by atomic mass is 10.2. The van der Waals surface area contributed by atoms with Crippen molar-refractivity contribution in [2.24, 2.45) is 0 Å². The Hall–Kier alpha value is -3.06. The highest BCUT2D eigenvalue weighted by Crippen LogP contribution is 2.23. The van der Waals surface area contributed by atoms with E-state index in [1.807, 2.05) is 63.2 Å². The monoisotopic (exact) mass is 409 g/mol. The molecule has 0 atom stereocenters. The van der Waals surface area contributed by atoms with Gasteiger partial charge in [-0.3, -0.25) is 14.7 Å². The van der Waals surface area contributed by atoms with Crippen LogP contribution in [0.25, 0.3) is 10.7 Å². The number of thiazole rings is 1. The van der Waals surface area contributed by atoms with Crippen molar-refractivity contribution >= 4 is 23.7 Å². The summed E-state index contributed by atoms with van der Waals surface area (Å²) in [7, 11) is 0. The zero-order valence-electron chi connectivity index (χ0n) is 16.7. The van der Waals surface area contributed by atoms with Gasteiger partial charge in [-0.05, 0) is 38.0 Å². The van der Waals surface area contributed by atoms with Gasteiger partial charge >= 0.3 is 6.09 Å². The van der Waals surface area contributed by atoms with Crippen LogP contribution in [0.3, 0.4) is 0 Å². The van der Waals surface area contributed by atoms with Crippen molar-refractivity contribution in [1.29, 1.82) is 0 Å². The summed E-state index contributed by atoms with van der Waals surface area (Å²) in [5.41, 5.74) is 2.02. The van der Waals surface area contributed by atoms with Gasteiger partial charge in [-0.2, -0.15) is 0 Å². The second-order valence-corrected chi connectivity index (χ2v) is 8.62. The van der Waals surface area contributed by atoms with Crippen LogP contribution in [0.4, 0.5) is 4.79 Å². The maximum Gasteiger partial charge on any atom is 0.410 e. The molecule has 0 spiro atoms. The van der Waals surface area contributed by atoms with Crippen molar-refractivity contribution in [3.63, 3.8) is 0 Å². The summed E-state index contributed by atoms with van der Waals surface area (Å²) in [5, 5.41) is 0.687. The number of aromatic nitrogens is 2. The van der Waals surface area contributed by atoms with Crippen LogP contribution in [-0.2, 0) is 17.8 Å². The van der Waals surface area contributed by atoms with E-state index in [1.54, 1.807) is 11.1 Å². The van der Waals surface area contributed by atoms with Crippen molar-refractivity contribution < 1.29 is 14.3 Å². The molecule has 0 bridgehead atoms. The Morgan fingerprint density at radius 1 is 1.03 bits per heavy atom. The highest BCUT2D eigenvalue weighted by molar-refractivity contribution is 7.16. The van der Waals surface area contributed by atoms with Gasteiger partial charge in [-0.1, -0.05) is 36.4 Å². The van der Waals surface area contributed by atoms with Crippen LogP contribution in [0.15, 0.2) is 54.9 Å². The third-order valence-electron chi connectivity index (χ3n) is 3.92. The van der Waals surface area contributed by atoms with Gasteiger partial charge in [0.15, 0.2) is 6.29 Å². The first kappa shape index (κ1) is 20.7. The summed E-state index contributed by atoms with van der Waals surface area (Å²) in [6.07, 6.45) is 3.66. The first-order valence-corrected chi connectivity index (χ1v) is 10.0. The van der Waals surface area contributed by atoms with Crippen molar-refractivity contribution in [3.05, 3.63) is 70.9 Å². The Bertz CT molecular complexity index is 963. The molecule has 0 aliphatic heterocycles. The Morgan fingerprint density at radius 2 is 1.76 bits per heavy atom. The van der Waals surface area contributed by atoms with E-state index in [9.17, 15) is 9.59 Å². The number of rotatable bonds is 6. The Kier molecular flexibility index (Phi) is 6.39. The summed E-state index contributed by atoms with van der Waals surface area (Å²) in [6, 6.07) is 13.5. The highest BCUT2D eigenvalue weighted by Gasteiger charge is 2.22. The number of pyridine rings is 1. The van der Waals surface area contributed by atoms with E-state index in [2.05, 4.69) is 9.97 Å². The molecule has 7 heteroatoms. The van der Waals surface area contributed by atoms with E-state index >= 15 is 0 Å².